The van der Waals surface area contributed by atoms with Crippen LogP contribution in [0.3, 0.4) is 0 Å². The van der Waals surface area contributed by atoms with Crippen LogP contribution in [0.15, 0.2) is 181 Å². The number of furan rings is 1. The Morgan fingerprint density at radius 1 is 0.400 bits per heavy atom. The zero-order valence-electron chi connectivity index (χ0n) is 27.0. The van der Waals surface area contributed by atoms with E-state index in [9.17, 15) is 0 Å². The van der Waals surface area contributed by atoms with Gasteiger partial charge in [-0.25, -0.2) is 0 Å². The van der Waals surface area contributed by atoms with Gasteiger partial charge in [-0.15, -0.1) is 0 Å². The van der Waals surface area contributed by atoms with Crippen LogP contribution in [0.1, 0.15) is 0 Å². The van der Waals surface area contributed by atoms with Crippen LogP contribution in [0.25, 0.3) is 76.8 Å². The van der Waals surface area contributed by atoms with Gasteiger partial charge >= 0.3 is 0 Å². The maximum absolute atomic E-state index is 6.50. The van der Waals surface area contributed by atoms with E-state index in [0.717, 1.165) is 77.7 Å². The lowest BCUT2D eigenvalue weighted by Gasteiger charge is -2.26. The predicted octanol–water partition coefficient (Wildman–Crippen LogP) is 12.6. The van der Waals surface area contributed by atoms with Gasteiger partial charge in [0.15, 0.2) is 0 Å². The second-order valence-electron chi connectivity index (χ2n) is 12.7. The van der Waals surface area contributed by atoms with E-state index >= 15 is 0 Å². The highest BCUT2D eigenvalue weighted by atomic mass is 16.3. The van der Waals surface area contributed by atoms with Crippen molar-refractivity contribution in [2.24, 2.45) is 0 Å². The lowest BCUT2D eigenvalue weighted by Crippen LogP contribution is -2.10. The van der Waals surface area contributed by atoms with Crippen LogP contribution in [-0.4, -0.2) is 9.97 Å². The summed E-state index contributed by atoms with van der Waals surface area (Å²) in [5, 5.41) is 9.13. The van der Waals surface area contributed by atoms with Crippen molar-refractivity contribution in [3.63, 3.8) is 0 Å². The molecule has 4 nitrogen and oxygen atoms in total. The van der Waals surface area contributed by atoms with Gasteiger partial charge in [-0.05, 0) is 82.2 Å². The van der Waals surface area contributed by atoms with Crippen LogP contribution < -0.4 is 4.90 Å². The van der Waals surface area contributed by atoms with Crippen LogP contribution in [-0.2, 0) is 0 Å². The summed E-state index contributed by atoms with van der Waals surface area (Å²) < 4.78 is 6.50. The van der Waals surface area contributed by atoms with Crippen molar-refractivity contribution < 1.29 is 4.42 Å². The molecule has 4 heteroatoms. The Balaban J connectivity index is 1.13. The molecule has 0 saturated heterocycles. The van der Waals surface area contributed by atoms with Crippen LogP contribution in [0, 0.1) is 0 Å². The van der Waals surface area contributed by atoms with Gasteiger partial charge in [0, 0.05) is 51.1 Å². The summed E-state index contributed by atoms with van der Waals surface area (Å²) in [5.74, 6) is 0. The predicted molar refractivity (Wildman–Crippen MR) is 207 cm³/mol. The molecule has 0 saturated carbocycles. The minimum Gasteiger partial charge on any atom is -0.456 e. The molecule has 0 aliphatic rings. The Labute approximate surface area is 288 Å². The first-order chi connectivity index (χ1) is 24.7. The Morgan fingerprint density at radius 2 is 0.880 bits per heavy atom. The smallest absolute Gasteiger partial charge is 0.137 e. The first-order valence-corrected chi connectivity index (χ1v) is 16.8. The van der Waals surface area contributed by atoms with E-state index in [1.807, 2.05) is 24.5 Å². The van der Waals surface area contributed by atoms with E-state index in [0.29, 0.717) is 0 Å². The molecular formula is C46H29N3O. The maximum Gasteiger partial charge on any atom is 0.137 e. The topological polar surface area (TPSA) is 42.2 Å². The molecule has 0 aliphatic heterocycles. The third kappa shape index (κ3) is 4.77. The van der Waals surface area contributed by atoms with E-state index in [2.05, 4.69) is 157 Å². The number of hydrogen-bond donors (Lipinski definition) is 0. The molecule has 0 bridgehead atoms. The number of aromatic nitrogens is 2. The molecule has 3 aromatic heterocycles. The summed E-state index contributed by atoms with van der Waals surface area (Å²) in [6, 6.07) is 57.5. The molecule has 0 spiro atoms. The molecule has 0 amide bonds. The van der Waals surface area contributed by atoms with Gasteiger partial charge in [-0.1, -0.05) is 103 Å². The molecule has 3 heterocycles. The van der Waals surface area contributed by atoms with Gasteiger partial charge in [0.1, 0.15) is 11.2 Å². The largest absolute Gasteiger partial charge is 0.456 e. The molecule has 10 rings (SSSR count). The lowest BCUT2D eigenvalue weighted by atomic mass is 10.0. The number of pyridine rings is 2. The number of benzene rings is 7. The quantitative estimate of drug-likeness (QED) is 0.188. The van der Waals surface area contributed by atoms with Crippen molar-refractivity contribution in [3.8, 4) is 22.5 Å². The molecule has 0 aliphatic carbocycles. The average Bonchev–Trinajstić information content (AvgIpc) is 3.55. The fourth-order valence-corrected chi connectivity index (χ4v) is 7.15. The first-order valence-electron chi connectivity index (χ1n) is 16.8. The second kappa shape index (κ2) is 11.4. The molecule has 234 valence electrons. The zero-order chi connectivity index (χ0) is 33.0. The molecule has 0 unspecified atom stereocenters. The Bertz CT molecular complexity index is 2750. The molecule has 0 radical (unpaired) electrons. The van der Waals surface area contributed by atoms with E-state index in [1.54, 1.807) is 0 Å². The SMILES string of the molecule is c1ccc2cc(-c3ccc(N(c4ccc(-c5cc6ccccc6cn5)cc4)c4cccc5oc6cc7ccccc7cc6c45)cc3)ncc2c1. The van der Waals surface area contributed by atoms with Gasteiger partial charge in [-0.3, -0.25) is 9.97 Å². The number of anilines is 3. The summed E-state index contributed by atoms with van der Waals surface area (Å²) >= 11 is 0. The minimum atomic E-state index is 0.853. The standard InChI is InChI=1S/C46H29N3O/c1-2-11-35-27-45-40(24-32(35)8-1)46-43(14-7-15-44(46)50-45)49(38-20-16-30(17-21-38)41-25-33-9-3-5-12-36(33)28-47-41)39-22-18-31(19-23-39)42-26-34-10-4-6-13-37(34)29-48-42/h1-29H. The van der Waals surface area contributed by atoms with E-state index < -0.39 is 0 Å². The minimum absolute atomic E-state index is 0.853. The van der Waals surface area contributed by atoms with Crippen molar-refractivity contribution in [2.45, 2.75) is 0 Å². The third-order valence-electron chi connectivity index (χ3n) is 9.69. The van der Waals surface area contributed by atoms with Gasteiger partial charge in [0.25, 0.3) is 0 Å². The number of rotatable bonds is 5. The third-order valence-corrected chi connectivity index (χ3v) is 9.69. The van der Waals surface area contributed by atoms with Gasteiger partial charge in [0.2, 0.25) is 0 Å². The van der Waals surface area contributed by atoms with E-state index in [4.69, 9.17) is 14.4 Å². The van der Waals surface area contributed by atoms with Gasteiger partial charge in [0.05, 0.1) is 22.5 Å². The highest BCUT2D eigenvalue weighted by molar-refractivity contribution is 6.16. The molecule has 0 N–H and O–H groups in total. The zero-order valence-corrected chi connectivity index (χ0v) is 27.0. The lowest BCUT2D eigenvalue weighted by molar-refractivity contribution is 0.669. The molecular weight excluding hydrogens is 611 g/mol. The Morgan fingerprint density at radius 3 is 1.42 bits per heavy atom. The Hall–Kier alpha value is -6.78. The molecule has 10 aromatic rings. The fourth-order valence-electron chi connectivity index (χ4n) is 7.15. The van der Waals surface area contributed by atoms with Gasteiger partial charge in [-0.2, -0.15) is 0 Å². The normalized spacial score (nSPS) is 11.6. The van der Waals surface area contributed by atoms with Crippen LogP contribution in [0.5, 0.6) is 0 Å². The number of hydrogen-bond acceptors (Lipinski definition) is 4. The number of fused-ring (bicyclic) bond motifs is 6. The first kappa shape index (κ1) is 28.3. The molecule has 7 aromatic carbocycles. The van der Waals surface area contributed by atoms with Gasteiger partial charge < -0.3 is 9.32 Å². The highest BCUT2D eigenvalue weighted by Gasteiger charge is 2.20. The number of nitrogens with zero attached hydrogens (tertiary/aromatic N) is 3. The summed E-state index contributed by atoms with van der Waals surface area (Å²) in [5.41, 5.74) is 8.87. The van der Waals surface area contributed by atoms with Crippen LogP contribution >= 0.6 is 0 Å². The second-order valence-corrected chi connectivity index (χ2v) is 12.7. The van der Waals surface area contributed by atoms with Crippen LogP contribution in [0.4, 0.5) is 17.1 Å². The Kier molecular flexibility index (Phi) is 6.46. The van der Waals surface area contributed by atoms with Crippen molar-refractivity contribution in [1.82, 2.24) is 9.97 Å². The summed E-state index contributed by atoms with van der Waals surface area (Å²) in [6.07, 6.45) is 3.90. The highest BCUT2D eigenvalue weighted by Crippen LogP contribution is 2.44. The van der Waals surface area contributed by atoms with Crippen molar-refractivity contribution in [2.75, 3.05) is 4.90 Å². The summed E-state index contributed by atoms with van der Waals surface area (Å²) in [4.78, 5) is 11.9. The summed E-state index contributed by atoms with van der Waals surface area (Å²) in [7, 11) is 0. The monoisotopic (exact) mass is 639 g/mol. The average molecular weight is 640 g/mol. The molecule has 50 heavy (non-hydrogen) atoms. The maximum atomic E-state index is 6.50. The van der Waals surface area contributed by atoms with E-state index in [-0.39, 0.29) is 0 Å². The molecule has 0 atom stereocenters. The fraction of sp³-hybridized carbons (Fsp3) is 0. The molecule has 0 fully saturated rings. The van der Waals surface area contributed by atoms with Crippen LogP contribution in [0.2, 0.25) is 0 Å². The van der Waals surface area contributed by atoms with Crippen molar-refractivity contribution in [1.29, 1.82) is 0 Å². The van der Waals surface area contributed by atoms with Crippen molar-refractivity contribution >= 4 is 71.3 Å². The van der Waals surface area contributed by atoms with Crippen molar-refractivity contribution in [3.05, 3.63) is 176 Å². The summed E-state index contributed by atoms with van der Waals surface area (Å²) in [6.45, 7) is 0. The van der Waals surface area contributed by atoms with E-state index in [1.165, 1.54) is 16.2 Å².